The van der Waals surface area contributed by atoms with Gasteiger partial charge in [0.2, 0.25) is 0 Å². The molecule has 1 heterocycles. The Morgan fingerprint density at radius 1 is 0.943 bits per heavy atom. The summed E-state index contributed by atoms with van der Waals surface area (Å²) >= 11 is 0. The lowest BCUT2D eigenvalue weighted by molar-refractivity contribution is 0.0691. The second kappa shape index (κ2) is 10.5. The van der Waals surface area contributed by atoms with Gasteiger partial charge >= 0.3 is 12.1 Å². The molecule has 3 aromatic carbocycles. The van der Waals surface area contributed by atoms with E-state index in [4.69, 9.17) is 4.74 Å². The lowest BCUT2D eigenvalue weighted by Crippen LogP contribution is -2.32. The molecule has 1 aliphatic rings. The average molecular weight is 488 g/mol. The highest BCUT2D eigenvalue weighted by Crippen LogP contribution is 2.44. The SMILES string of the molecule is O=C(N[C@@H](Cc1ccccc1)c1ncc(C(=O)O)[nH]1)OCC1c2ccccc2-c2ccccc21.S. The number of nitrogens with zero attached hydrogens (tertiary/aromatic N) is 1. The van der Waals surface area contributed by atoms with Gasteiger partial charge in [0.1, 0.15) is 18.1 Å². The summed E-state index contributed by atoms with van der Waals surface area (Å²) < 4.78 is 5.68. The summed E-state index contributed by atoms with van der Waals surface area (Å²) in [7, 11) is 0. The summed E-state index contributed by atoms with van der Waals surface area (Å²) in [5.74, 6) is -0.805. The van der Waals surface area contributed by atoms with Crippen LogP contribution in [0.4, 0.5) is 4.79 Å². The maximum Gasteiger partial charge on any atom is 0.407 e. The van der Waals surface area contributed by atoms with Crippen LogP contribution in [0.1, 0.15) is 45.0 Å². The van der Waals surface area contributed by atoms with E-state index in [2.05, 4.69) is 39.6 Å². The van der Waals surface area contributed by atoms with Crippen LogP contribution in [0, 0.1) is 0 Å². The van der Waals surface area contributed by atoms with Crippen molar-refractivity contribution in [3.8, 4) is 11.1 Å². The molecule has 8 heteroatoms. The Hall–Kier alpha value is -4.04. The zero-order valence-corrected chi connectivity index (χ0v) is 19.8. The fraction of sp³-hybridized carbons (Fsp3) is 0.148. The van der Waals surface area contributed by atoms with Crippen molar-refractivity contribution >= 4 is 25.6 Å². The number of aromatic nitrogens is 2. The Balaban J connectivity index is 0.00000289. The number of aromatic amines is 1. The molecule has 1 aliphatic carbocycles. The quantitative estimate of drug-likeness (QED) is 0.339. The van der Waals surface area contributed by atoms with E-state index in [0.717, 1.165) is 27.8 Å². The highest BCUT2D eigenvalue weighted by Gasteiger charge is 2.29. The molecular formula is C27H25N3O4S. The monoisotopic (exact) mass is 487 g/mol. The molecule has 0 radical (unpaired) electrons. The van der Waals surface area contributed by atoms with Gasteiger partial charge in [-0.3, -0.25) is 0 Å². The lowest BCUT2D eigenvalue weighted by Gasteiger charge is -2.19. The van der Waals surface area contributed by atoms with Crippen LogP contribution in [0.5, 0.6) is 0 Å². The number of H-pyrrole nitrogens is 1. The first-order valence-corrected chi connectivity index (χ1v) is 11.0. The molecule has 4 aromatic rings. The molecule has 1 amide bonds. The van der Waals surface area contributed by atoms with Crippen molar-refractivity contribution < 1.29 is 19.4 Å². The number of carbonyl (C=O) groups is 2. The molecule has 1 aromatic heterocycles. The zero-order valence-electron chi connectivity index (χ0n) is 18.8. The number of carboxylic acid groups (broad SMARTS) is 1. The van der Waals surface area contributed by atoms with Crippen molar-refractivity contribution in [3.63, 3.8) is 0 Å². The highest BCUT2D eigenvalue weighted by atomic mass is 32.1. The Kier molecular flexibility index (Phi) is 7.22. The van der Waals surface area contributed by atoms with Crippen LogP contribution >= 0.6 is 13.5 Å². The molecule has 3 N–H and O–H groups in total. The third-order valence-electron chi connectivity index (χ3n) is 6.07. The van der Waals surface area contributed by atoms with Crippen LogP contribution in [0.3, 0.4) is 0 Å². The normalized spacial score (nSPS) is 12.7. The number of hydrogen-bond donors (Lipinski definition) is 3. The Morgan fingerprint density at radius 2 is 1.54 bits per heavy atom. The Morgan fingerprint density at radius 3 is 2.14 bits per heavy atom. The van der Waals surface area contributed by atoms with Crippen LogP contribution in [0.25, 0.3) is 11.1 Å². The molecule has 0 saturated carbocycles. The summed E-state index contributed by atoms with van der Waals surface area (Å²) in [5.41, 5.74) is 5.52. The molecule has 0 saturated heterocycles. The summed E-state index contributed by atoms with van der Waals surface area (Å²) in [5, 5.41) is 12.1. The molecule has 35 heavy (non-hydrogen) atoms. The molecule has 0 unspecified atom stereocenters. The minimum atomic E-state index is -1.11. The molecule has 0 fully saturated rings. The number of aromatic carboxylic acids is 1. The van der Waals surface area contributed by atoms with Gasteiger partial charge in [-0.1, -0.05) is 78.9 Å². The summed E-state index contributed by atoms with van der Waals surface area (Å²) in [6, 6.07) is 25.3. The Labute approximate surface area is 209 Å². The zero-order chi connectivity index (χ0) is 23.5. The van der Waals surface area contributed by atoms with E-state index < -0.39 is 18.1 Å². The predicted octanol–water partition coefficient (Wildman–Crippen LogP) is 5.04. The second-order valence-corrected chi connectivity index (χ2v) is 8.20. The van der Waals surface area contributed by atoms with E-state index in [1.54, 1.807) is 0 Å². The number of rotatable bonds is 7. The topological polar surface area (TPSA) is 104 Å². The number of carboxylic acids is 1. The first-order chi connectivity index (χ1) is 16.6. The number of ether oxygens (including phenoxy) is 1. The first-order valence-electron chi connectivity index (χ1n) is 11.0. The van der Waals surface area contributed by atoms with Gasteiger partial charge < -0.3 is 20.1 Å². The number of amides is 1. The van der Waals surface area contributed by atoms with E-state index in [9.17, 15) is 14.7 Å². The van der Waals surface area contributed by atoms with Gasteiger partial charge in [-0.25, -0.2) is 14.6 Å². The van der Waals surface area contributed by atoms with Crippen LogP contribution in [0.2, 0.25) is 0 Å². The third-order valence-corrected chi connectivity index (χ3v) is 6.07. The van der Waals surface area contributed by atoms with Crippen molar-refractivity contribution in [2.24, 2.45) is 0 Å². The minimum absolute atomic E-state index is 0. The maximum absolute atomic E-state index is 12.8. The van der Waals surface area contributed by atoms with E-state index in [1.807, 2.05) is 54.6 Å². The summed E-state index contributed by atoms with van der Waals surface area (Å²) in [6.45, 7) is 0.191. The Bertz CT molecular complexity index is 1290. The summed E-state index contributed by atoms with van der Waals surface area (Å²) in [6.07, 6.45) is 1.09. The van der Waals surface area contributed by atoms with Crippen molar-refractivity contribution in [2.45, 2.75) is 18.4 Å². The van der Waals surface area contributed by atoms with Crippen LogP contribution in [0.15, 0.2) is 85.1 Å². The van der Waals surface area contributed by atoms with E-state index in [1.165, 1.54) is 6.20 Å². The molecular weight excluding hydrogens is 462 g/mol. The van der Waals surface area contributed by atoms with Crippen molar-refractivity contribution in [2.75, 3.05) is 6.61 Å². The minimum Gasteiger partial charge on any atom is -0.477 e. The van der Waals surface area contributed by atoms with Gasteiger partial charge in [-0.15, -0.1) is 0 Å². The maximum atomic E-state index is 12.8. The molecule has 0 spiro atoms. The van der Waals surface area contributed by atoms with Gasteiger partial charge in [0.15, 0.2) is 0 Å². The van der Waals surface area contributed by atoms with Crippen LogP contribution in [-0.4, -0.2) is 33.7 Å². The standard InChI is InChI=1S/C27H23N3O4.H2S/c31-26(32)24-15-28-25(29-24)23(14-17-8-2-1-3-9-17)30-27(33)34-16-22-20-12-6-4-10-18(20)19-11-5-7-13-21(19)22;/h1-13,15,22-23H,14,16H2,(H,28,29)(H,30,33)(H,31,32);1H2/t23-;/m0./s1. The molecule has 0 bridgehead atoms. The van der Waals surface area contributed by atoms with Crippen LogP contribution in [-0.2, 0) is 11.2 Å². The molecule has 1 atom stereocenters. The number of nitrogens with one attached hydrogen (secondary N) is 2. The fourth-order valence-corrected chi connectivity index (χ4v) is 4.47. The smallest absolute Gasteiger partial charge is 0.407 e. The average Bonchev–Trinajstić information content (AvgIpc) is 3.47. The van der Waals surface area contributed by atoms with Crippen molar-refractivity contribution in [3.05, 3.63) is 113 Å². The number of alkyl carbamates (subject to hydrolysis) is 1. The van der Waals surface area contributed by atoms with Crippen molar-refractivity contribution in [1.82, 2.24) is 15.3 Å². The predicted molar refractivity (Wildman–Crippen MR) is 137 cm³/mol. The van der Waals surface area contributed by atoms with E-state index in [-0.39, 0.29) is 31.7 Å². The lowest BCUT2D eigenvalue weighted by atomic mass is 9.98. The molecule has 178 valence electrons. The first kappa shape index (κ1) is 24.1. The van der Waals surface area contributed by atoms with Crippen molar-refractivity contribution in [1.29, 1.82) is 0 Å². The van der Waals surface area contributed by atoms with Gasteiger partial charge in [-0.2, -0.15) is 13.5 Å². The molecule has 7 nitrogen and oxygen atoms in total. The number of fused-ring (bicyclic) bond motifs is 3. The third kappa shape index (κ3) is 5.07. The van der Waals surface area contributed by atoms with E-state index >= 15 is 0 Å². The highest BCUT2D eigenvalue weighted by molar-refractivity contribution is 7.59. The van der Waals surface area contributed by atoms with Gasteiger partial charge in [-0.05, 0) is 27.8 Å². The molecule has 5 rings (SSSR count). The number of benzene rings is 3. The number of carbonyl (C=O) groups excluding carboxylic acids is 1. The number of imidazole rings is 1. The molecule has 0 aliphatic heterocycles. The fourth-order valence-electron chi connectivity index (χ4n) is 4.47. The van der Waals surface area contributed by atoms with E-state index in [0.29, 0.717) is 12.2 Å². The number of hydrogen-bond acceptors (Lipinski definition) is 4. The van der Waals surface area contributed by atoms with Gasteiger partial charge in [0.05, 0.1) is 12.2 Å². The van der Waals surface area contributed by atoms with Gasteiger partial charge in [0, 0.05) is 12.3 Å². The summed E-state index contributed by atoms with van der Waals surface area (Å²) in [4.78, 5) is 31.1. The second-order valence-electron chi connectivity index (χ2n) is 8.20. The van der Waals surface area contributed by atoms with Gasteiger partial charge in [0.25, 0.3) is 0 Å². The largest absolute Gasteiger partial charge is 0.477 e. The van der Waals surface area contributed by atoms with Crippen LogP contribution < -0.4 is 5.32 Å².